The fourth-order valence-electron chi connectivity index (χ4n) is 2.38. The zero-order valence-corrected chi connectivity index (χ0v) is 11.3. The van der Waals surface area contributed by atoms with Crippen molar-refractivity contribution < 1.29 is 0 Å². The van der Waals surface area contributed by atoms with Crippen molar-refractivity contribution in [2.75, 3.05) is 17.7 Å². The Hall–Kier alpha value is -2.62. The Morgan fingerprint density at radius 1 is 1.10 bits per heavy atom. The lowest BCUT2D eigenvalue weighted by atomic mass is 10.1. The Morgan fingerprint density at radius 2 is 1.95 bits per heavy atom. The van der Waals surface area contributed by atoms with Gasteiger partial charge in [-0.1, -0.05) is 24.3 Å². The molecule has 0 spiro atoms. The van der Waals surface area contributed by atoms with Gasteiger partial charge in [-0.05, 0) is 17.7 Å². The van der Waals surface area contributed by atoms with Crippen LogP contribution in [0.2, 0.25) is 0 Å². The number of rotatable bonds is 3. The molecule has 2 N–H and O–H groups in total. The summed E-state index contributed by atoms with van der Waals surface area (Å²) in [5.41, 5.74) is 9.85. The lowest BCUT2D eigenvalue weighted by Crippen LogP contribution is -2.18. The number of fused-ring (bicyclic) bond motifs is 1. The van der Waals surface area contributed by atoms with Gasteiger partial charge < -0.3 is 10.6 Å². The summed E-state index contributed by atoms with van der Waals surface area (Å²) < 4.78 is 0. The summed E-state index contributed by atoms with van der Waals surface area (Å²) in [6.07, 6.45) is 5.25. The minimum Gasteiger partial charge on any atom is -0.396 e. The summed E-state index contributed by atoms with van der Waals surface area (Å²) in [5, 5.41) is 1.15. The van der Waals surface area contributed by atoms with Gasteiger partial charge in [0.15, 0.2) is 0 Å². The van der Waals surface area contributed by atoms with Crippen LogP contribution in [0.3, 0.4) is 0 Å². The maximum absolute atomic E-state index is 5.97. The minimum absolute atomic E-state index is 0.684. The van der Waals surface area contributed by atoms with Crippen LogP contribution in [0.4, 0.5) is 11.4 Å². The predicted molar refractivity (Wildman–Crippen MR) is 82.5 cm³/mol. The number of pyridine rings is 2. The Balaban J connectivity index is 1.96. The van der Waals surface area contributed by atoms with Gasteiger partial charge in [0.2, 0.25) is 0 Å². The summed E-state index contributed by atoms with van der Waals surface area (Å²) in [6.45, 7) is 0.753. The van der Waals surface area contributed by atoms with Gasteiger partial charge in [-0.25, -0.2) is 0 Å². The van der Waals surface area contributed by atoms with Crippen molar-refractivity contribution in [3.05, 3.63) is 60.6 Å². The highest BCUT2D eigenvalue weighted by Crippen LogP contribution is 2.24. The molecule has 0 aliphatic carbocycles. The average Bonchev–Trinajstić information content (AvgIpc) is 2.48. The summed E-state index contributed by atoms with van der Waals surface area (Å²) in [6, 6.07) is 12.2. The van der Waals surface area contributed by atoms with E-state index in [2.05, 4.69) is 39.1 Å². The number of anilines is 2. The number of nitrogens with zero attached hydrogens (tertiary/aromatic N) is 3. The van der Waals surface area contributed by atoms with E-state index in [-0.39, 0.29) is 0 Å². The first-order chi connectivity index (χ1) is 9.75. The zero-order chi connectivity index (χ0) is 13.9. The SMILES string of the molecule is CN(Cc1cccc2cccnc12)c1ccncc1N. The Morgan fingerprint density at radius 3 is 2.80 bits per heavy atom. The van der Waals surface area contributed by atoms with Crippen LogP contribution in [-0.2, 0) is 6.54 Å². The smallest absolute Gasteiger partial charge is 0.0751 e. The molecule has 0 saturated carbocycles. The second-order valence-corrected chi connectivity index (χ2v) is 4.78. The molecule has 0 aliphatic heterocycles. The van der Waals surface area contributed by atoms with Crippen LogP contribution in [0, 0.1) is 0 Å². The highest BCUT2D eigenvalue weighted by molar-refractivity contribution is 5.82. The number of hydrogen-bond donors (Lipinski definition) is 1. The monoisotopic (exact) mass is 264 g/mol. The molecule has 0 fully saturated rings. The van der Waals surface area contributed by atoms with Crippen molar-refractivity contribution in [1.29, 1.82) is 0 Å². The first-order valence-electron chi connectivity index (χ1n) is 6.49. The van der Waals surface area contributed by atoms with E-state index >= 15 is 0 Å². The van der Waals surface area contributed by atoms with E-state index < -0.39 is 0 Å². The van der Waals surface area contributed by atoms with Gasteiger partial charge in [-0.2, -0.15) is 0 Å². The number of nitrogens with two attached hydrogens (primary N) is 1. The van der Waals surface area contributed by atoms with Gasteiger partial charge in [0, 0.05) is 31.4 Å². The fraction of sp³-hybridized carbons (Fsp3) is 0.125. The van der Waals surface area contributed by atoms with Crippen LogP contribution in [-0.4, -0.2) is 17.0 Å². The highest BCUT2D eigenvalue weighted by atomic mass is 15.1. The van der Waals surface area contributed by atoms with Gasteiger partial charge in [0.25, 0.3) is 0 Å². The topological polar surface area (TPSA) is 55.0 Å². The molecule has 0 atom stereocenters. The van der Waals surface area contributed by atoms with Crippen molar-refractivity contribution in [2.24, 2.45) is 0 Å². The van der Waals surface area contributed by atoms with Gasteiger partial charge >= 0.3 is 0 Å². The summed E-state index contributed by atoms with van der Waals surface area (Å²) in [5.74, 6) is 0. The molecular weight excluding hydrogens is 248 g/mol. The number of nitrogen functional groups attached to an aromatic ring is 1. The molecule has 4 heteroatoms. The number of aromatic nitrogens is 2. The van der Waals surface area contributed by atoms with Crippen LogP contribution in [0.15, 0.2) is 55.0 Å². The molecule has 4 nitrogen and oxygen atoms in total. The number of benzene rings is 1. The largest absolute Gasteiger partial charge is 0.396 e. The van der Waals surface area contributed by atoms with Crippen molar-refractivity contribution in [3.63, 3.8) is 0 Å². The van der Waals surface area contributed by atoms with Crippen molar-refractivity contribution in [3.8, 4) is 0 Å². The third-order valence-corrected chi connectivity index (χ3v) is 3.36. The zero-order valence-electron chi connectivity index (χ0n) is 11.3. The number of hydrogen-bond acceptors (Lipinski definition) is 4. The molecule has 1 aromatic carbocycles. The van der Waals surface area contributed by atoms with Crippen LogP contribution < -0.4 is 10.6 Å². The molecule has 2 heterocycles. The lowest BCUT2D eigenvalue weighted by molar-refractivity contribution is 0.927. The van der Waals surface area contributed by atoms with Gasteiger partial charge in [0.1, 0.15) is 0 Å². The molecule has 20 heavy (non-hydrogen) atoms. The molecule has 0 aliphatic rings. The summed E-state index contributed by atoms with van der Waals surface area (Å²) in [4.78, 5) is 10.6. The first kappa shape index (κ1) is 12.4. The maximum atomic E-state index is 5.97. The van der Waals surface area contributed by atoms with E-state index in [0.29, 0.717) is 5.69 Å². The molecule has 100 valence electrons. The normalized spacial score (nSPS) is 10.7. The van der Waals surface area contributed by atoms with Gasteiger partial charge in [-0.3, -0.25) is 9.97 Å². The van der Waals surface area contributed by atoms with Crippen LogP contribution in [0.1, 0.15) is 5.56 Å². The molecule has 0 unspecified atom stereocenters. The molecule has 0 amide bonds. The van der Waals surface area contributed by atoms with E-state index in [1.54, 1.807) is 12.4 Å². The van der Waals surface area contributed by atoms with Crippen LogP contribution in [0.5, 0.6) is 0 Å². The molecule has 0 bridgehead atoms. The molecule has 0 radical (unpaired) electrons. The lowest BCUT2D eigenvalue weighted by Gasteiger charge is -2.21. The highest BCUT2D eigenvalue weighted by Gasteiger charge is 2.08. The second-order valence-electron chi connectivity index (χ2n) is 4.78. The quantitative estimate of drug-likeness (QED) is 0.790. The van der Waals surface area contributed by atoms with Crippen molar-refractivity contribution in [1.82, 2.24) is 9.97 Å². The van der Waals surface area contributed by atoms with E-state index in [0.717, 1.165) is 23.1 Å². The van der Waals surface area contributed by atoms with Gasteiger partial charge in [-0.15, -0.1) is 0 Å². The maximum Gasteiger partial charge on any atom is 0.0751 e. The Kier molecular flexibility index (Phi) is 3.21. The van der Waals surface area contributed by atoms with Gasteiger partial charge in [0.05, 0.1) is 23.1 Å². The van der Waals surface area contributed by atoms with Crippen LogP contribution in [0.25, 0.3) is 10.9 Å². The molecule has 2 aromatic heterocycles. The first-order valence-corrected chi connectivity index (χ1v) is 6.49. The predicted octanol–water partition coefficient (Wildman–Crippen LogP) is 2.85. The minimum atomic E-state index is 0.684. The van der Waals surface area contributed by atoms with Crippen molar-refractivity contribution in [2.45, 2.75) is 6.54 Å². The van der Waals surface area contributed by atoms with E-state index in [9.17, 15) is 0 Å². The Bertz CT molecular complexity index is 734. The molecule has 0 saturated heterocycles. The average molecular weight is 264 g/mol. The standard InChI is InChI=1S/C16H16N4/c1-20(15-7-9-18-10-14(15)17)11-13-5-2-4-12-6-3-8-19-16(12)13/h2-10H,11,17H2,1H3. The van der Waals surface area contributed by atoms with Crippen LogP contribution >= 0.6 is 0 Å². The van der Waals surface area contributed by atoms with E-state index in [1.807, 2.05) is 25.4 Å². The third kappa shape index (κ3) is 2.28. The summed E-state index contributed by atoms with van der Waals surface area (Å²) >= 11 is 0. The Labute approximate surface area is 117 Å². The number of para-hydroxylation sites is 1. The third-order valence-electron chi connectivity index (χ3n) is 3.36. The fourth-order valence-corrected chi connectivity index (χ4v) is 2.38. The van der Waals surface area contributed by atoms with E-state index in [1.165, 1.54) is 5.56 Å². The molecule has 3 rings (SSSR count). The second kappa shape index (κ2) is 5.17. The summed E-state index contributed by atoms with van der Waals surface area (Å²) in [7, 11) is 2.02. The van der Waals surface area contributed by atoms with Crippen molar-refractivity contribution >= 4 is 22.3 Å². The molecular formula is C16H16N4. The van der Waals surface area contributed by atoms with E-state index in [4.69, 9.17) is 5.73 Å². The molecule has 3 aromatic rings.